The molecule has 0 fully saturated rings. The zero-order chi connectivity index (χ0) is 16.8. The fourth-order valence-corrected chi connectivity index (χ4v) is 2.15. The van der Waals surface area contributed by atoms with Crippen molar-refractivity contribution in [2.45, 2.75) is 25.4 Å². The third-order valence-corrected chi connectivity index (χ3v) is 3.38. The van der Waals surface area contributed by atoms with Gasteiger partial charge < -0.3 is 16.2 Å². The number of benzene rings is 1. The molecule has 0 aliphatic heterocycles. The number of anilines is 1. The van der Waals surface area contributed by atoms with Crippen molar-refractivity contribution in [2.75, 3.05) is 12.8 Å². The maximum Gasteiger partial charge on any atom is 0.322 e. The molecule has 8 nitrogen and oxygen atoms in total. The Kier molecular flexibility index (Phi) is 5.28. The van der Waals surface area contributed by atoms with E-state index in [4.69, 9.17) is 11.5 Å². The SMILES string of the molecule is COC(=O)[C@@H](N)CCCn1cc(-c2ccc(N)cc2C#N)nn1. The van der Waals surface area contributed by atoms with Gasteiger partial charge in [0.15, 0.2) is 0 Å². The van der Waals surface area contributed by atoms with Gasteiger partial charge in [0.25, 0.3) is 0 Å². The zero-order valence-corrected chi connectivity index (χ0v) is 12.8. The number of nitrogen functional groups attached to an aromatic ring is 1. The summed E-state index contributed by atoms with van der Waals surface area (Å²) >= 11 is 0. The molecule has 23 heavy (non-hydrogen) atoms. The Hall–Kier alpha value is -2.92. The molecule has 0 spiro atoms. The number of nitrogens with zero attached hydrogens (tertiary/aromatic N) is 4. The van der Waals surface area contributed by atoms with Crippen molar-refractivity contribution in [3.8, 4) is 17.3 Å². The van der Waals surface area contributed by atoms with E-state index in [0.29, 0.717) is 41.9 Å². The molecule has 4 N–H and O–H groups in total. The van der Waals surface area contributed by atoms with E-state index in [1.807, 2.05) is 0 Å². The van der Waals surface area contributed by atoms with Crippen LogP contribution in [0.3, 0.4) is 0 Å². The summed E-state index contributed by atoms with van der Waals surface area (Å²) in [5, 5.41) is 17.3. The lowest BCUT2D eigenvalue weighted by molar-refractivity contribution is -0.142. The van der Waals surface area contributed by atoms with Gasteiger partial charge in [-0.15, -0.1) is 5.10 Å². The molecule has 2 aromatic rings. The first-order valence-corrected chi connectivity index (χ1v) is 7.08. The fraction of sp³-hybridized carbons (Fsp3) is 0.333. The van der Waals surface area contributed by atoms with E-state index < -0.39 is 12.0 Å². The Morgan fingerprint density at radius 3 is 3.00 bits per heavy atom. The number of methoxy groups -OCH3 is 1. The summed E-state index contributed by atoms with van der Waals surface area (Å²) in [5.74, 6) is -0.426. The molecule has 0 unspecified atom stereocenters. The summed E-state index contributed by atoms with van der Waals surface area (Å²) in [7, 11) is 1.31. The van der Waals surface area contributed by atoms with Gasteiger partial charge in [-0.1, -0.05) is 5.21 Å². The van der Waals surface area contributed by atoms with E-state index in [1.54, 1.807) is 29.1 Å². The van der Waals surface area contributed by atoms with Gasteiger partial charge in [-0.3, -0.25) is 9.48 Å². The molecule has 0 radical (unpaired) electrons. The molecule has 1 aromatic heterocycles. The first-order chi connectivity index (χ1) is 11.0. The molecule has 1 atom stereocenters. The standard InChI is InChI=1S/C15H18N6O2/c1-23-15(22)13(18)3-2-6-21-9-14(19-20-21)12-5-4-11(17)7-10(12)8-16/h4-5,7,9,13H,2-3,6,17-18H2,1H3/t13-/m0/s1. The average molecular weight is 314 g/mol. The summed E-state index contributed by atoms with van der Waals surface area (Å²) in [5.41, 5.74) is 13.6. The Bertz CT molecular complexity index is 734. The lowest BCUT2D eigenvalue weighted by Gasteiger charge is -2.08. The van der Waals surface area contributed by atoms with Crippen molar-refractivity contribution >= 4 is 11.7 Å². The number of nitrogens with two attached hydrogens (primary N) is 2. The van der Waals surface area contributed by atoms with Crippen LogP contribution >= 0.6 is 0 Å². The number of hydrogen-bond acceptors (Lipinski definition) is 7. The molecule has 0 saturated carbocycles. The minimum absolute atomic E-state index is 0.426. The van der Waals surface area contributed by atoms with Gasteiger partial charge in [-0.25, -0.2) is 0 Å². The first-order valence-electron chi connectivity index (χ1n) is 7.08. The summed E-state index contributed by atoms with van der Waals surface area (Å²) in [6, 6.07) is 6.52. The maximum absolute atomic E-state index is 11.2. The molecule has 8 heteroatoms. The largest absolute Gasteiger partial charge is 0.468 e. The van der Waals surface area contributed by atoms with Crippen molar-refractivity contribution in [3.63, 3.8) is 0 Å². The van der Waals surface area contributed by atoms with Crippen LogP contribution in [0.5, 0.6) is 0 Å². The van der Waals surface area contributed by atoms with E-state index in [0.717, 1.165) is 0 Å². The van der Waals surface area contributed by atoms with Gasteiger partial charge >= 0.3 is 5.97 Å². The second kappa shape index (κ2) is 7.38. The number of nitriles is 1. The third kappa shape index (κ3) is 4.05. The van der Waals surface area contributed by atoms with Gasteiger partial charge in [0.1, 0.15) is 11.7 Å². The molecule has 1 aromatic carbocycles. The molecule has 2 rings (SSSR count). The van der Waals surface area contributed by atoms with Crippen LogP contribution in [-0.4, -0.2) is 34.1 Å². The van der Waals surface area contributed by atoms with Gasteiger partial charge in [0.2, 0.25) is 0 Å². The quantitative estimate of drug-likeness (QED) is 0.591. The van der Waals surface area contributed by atoms with Crippen molar-refractivity contribution < 1.29 is 9.53 Å². The molecule has 0 aliphatic rings. The monoisotopic (exact) mass is 314 g/mol. The van der Waals surface area contributed by atoms with Crippen LogP contribution in [0.4, 0.5) is 5.69 Å². The maximum atomic E-state index is 11.2. The molecular formula is C15H18N6O2. The Labute approximate surface area is 133 Å². The number of esters is 1. The molecule has 0 aliphatic carbocycles. The Balaban J connectivity index is 2.02. The summed E-state index contributed by atoms with van der Waals surface area (Å²) in [6.45, 7) is 0.564. The fourth-order valence-electron chi connectivity index (χ4n) is 2.15. The molecular weight excluding hydrogens is 296 g/mol. The van der Waals surface area contributed by atoms with Gasteiger partial charge in [-0.05, 0) is 31.0 Å². The highest BCUT2D eigenvalue weighted by molar-refractivity contribution is 5.75. The minimum Gasteiger partial charge on any atom is -0.468 e. The number of ether oxygens (including phenoxy) is 1. The molecule has 1 heterocycles. The smallest absolute Gasteiger partial charge is 0.322 e. The van der Waals surface area contributed by atoms with Crippen LogP contribution in [0.1, 0.15) is 18.4 Å². The van der Waals surface area contributed by atoms with Gasteiger partial charge in [0, 0.05) is 17.8 Å². The topological polar surface area (TPSA) is 133 Å². The van der Waals surface area contributed by atoms with Crippen LogP contribution in [0.2, 0.25) is 0 Å². The van der Waals surface area contributed by atoms with Crippen molar-refractivity contribution in [1.29, 1.82) is 5.26 Å². The number of rotatable bonds is 6. The highest BCUT2D eigenvalue weighted by Crippen LogP contribution is 2.23. The number of aryl methyl sites for hydroxylation is 1. The summed E-state index contributed by atoms with van der Waals surface area (Å²) in [6.07, 6.45) is 2.90. The number of carbonyl (C=O) groups is 1. The minimum atomic E-state index is -0.634. The van der Waals surface area contributed by atoms with E-state index in [1.165, 1.54) is 7.11 Å². The molecule has 0 bridgehead atoms. The Morgan fingerprint density at radius 2 is 2.30 bits per heavy atom. The first kappa shape index (κ1) is 16.5. The summed E-state index contributed by atoms with van der Waals surface area (Å²) < 4.78 is 6.22. The number of hydrogen-bond donors (Lipinski definition) is 2. The van der Waals surface area contributed by atoms with Gasteiger partial charge in [0.05, 0.1) is 24.9 Å². The van der Waals surface area contributed by atoms with E-state index >= 15 is 0 Å². The number of carbonyl (C=O) groups excluding carboxylic acids is 1. The highest BCUT2D eigenvalue weighted by Gasteiger charge is 2.13. The second-order valence-corrected chi connectivity index (χ2v) is 5.06. The normalized spacial score (nSPS) is 11.7. The predicted octanol–water partition coefficient (Wildman–Crippen LogP) is 0.679. The van der Waals surface area contributed by atoms with Crippen LogP contribution in [-0.2, 0) is 16.1 Å². The van der Waals surface area contributed by atoms with E-state index in [9.17, 15) is 10.1 Å². The van der Waals surface area contributed by atoms with E-state index in [2.05, 4.69) is 21.1 Å². The molecule has 0 amide bonds. The highest BCUT2D eigenvalue weighted by atomic mass is 16.5. The average Bonchev–Trinajstić information content (AvgIpc) is 3.02. The van der Waals surface area contributed by atoms with Crippen LogP contribution in [0, 0.1) is 11.3 Å². The van der Waals surface area contributed by atoms with Crippen LogP contribution < -0.4 is 11.5 Å². The van der Waals surface area contributed by atoms with Crippen molar-refractivity contribution in [1.82, 2.24) is 15.0 Å². The second-order valence-electron chi connectivity index (χ2n) is 5.06. The Morgan fingerprint density at radius 1 is 1.52 bits per heavy atom. The molecule has 120 valence electrons. The van der Waals surface area contributed by atoms with E-state index in [-0.39, 0.29) is 0 Å². The van der Waals surface area contributed by atoms with Crippen LogP contribution in [0.25, 0.3) is 11.3 Å². The lowest BCUT2D eigenvalue weighted by atomic mass is 10.1. The number of aromatic nitrogens is 3. The summed E-state index contributed by atoms with van der Waals surface area (Å²) in [4.78, 5) is 11.2. The zero-order valence-electron chi connectivity index (χ0n) is 12.8. The van der Waals surface area contributed by atoms with Gasteiger partial charge in [-0.2, -0.15) is 5.26 Å². The van der Waals surface area contributed by atoms with Crippen molar-refractivity contribution in [2.24, 2.45) is 5.73 Å². The lowest BCUT2D eigenvalue weighted by Crippen LogP contribution is -2.31. The molecule has 0 saturated heterocycles. The predicted molar refractivity (Wildman–Crippen MR) is 83.8 cm³/mol. The van der Waals surface area contributed by atoms with Crippen molar-refractivity contribution in [3.05, 3.63) is 30.0 Å². The van der Waals surface area contributed by atoms with Crippen LogP contribution in [0.15, 0.2) is 24.4 Å². The third-order valence-electron chi connectivity index (χ3n) is 3.38.